The number of nitrogens with zero attached hydrogens (tertiary/aromatic N) is 3. The van der Waals surface area contributed by atoms with E-state index in [0.717, 1.165) is 33.8 Å². The highest BCUT2D eigenvalue weighted by molar-refractivity contribution is 6.00. The van der Waals surface area contributed by atoms with Gasteiger partial charge in [0.25, 0.3) is 0 Å². The van der Waals surface area contributed by atoms with Gasteiger partial charge < -0.3 is 10.6 Å². The van der Waals surface area contributed by atoms with E-state index in [1.165, 1.54) is 0 Å². The molecule has 27 heavy (non-hydrogen) atoms. The summed E-state index contributed by atoms with van der Waals surface area (Å²) in [6.07, 6.45) is 5.54. The second-order valence-electron chi connectivity index (χ2n) is 6.43. The lowest BCUT2D eigenvalue weighted by atomic mass is 10.1. The van der Waals surface area contributed by atoms with Crippen LogP contribution in [-0.2, 0) is 0 Å². The van der Waals surface area contributed by atoms with Gasteiger partial charge in [0.2, 0.25) is 5.78 Å². The molecule has 0 aliphatic carbocycles. The summed E-state index contributed by atoms with van der Waals surface area (Å²) in [4.78, 5) is 21.2. The van der Waals surface area contributed by atoms with Crippen LogP contribution in [0.15, 0.2) is 67.1 Å². The van der Waals surface area contributed by atoms with Crippen LogP contribution in [-0.4, -0.2) is 20.4 Å². The topological polar surface area (TPSA) is 71.3 Å². The first-order valence-electron chi connectivity index (χ1n) is 8.64. The van der Waals surface area contributed by atoms with Gasteiger partial charge in [-0.1, -0.05) is 24.3 Å². The number of imidazole rings is 1. The lowest BCUT2D eigenvalue weighted by Gasteiger charge is -2.11. The van der Waals surface area contributed by atoms with Crippen molar-refractivity contribution in [3.8, 4) is 11.3 Å². The number of hydrogen-bond acceptors (Lipinski definition) is 3. The van der Waals surface area contributed by atoms with Crippen LogP contribution in [0, 0.1) is 13.8 Å². The van der Waals surface area contributed by atoms with Crippen LogP contribution < -0.4 is 10.6 Å². The highest BCUT2D eigenvalue weighted by Gasteiger charge is 2.10. The molecule has 0 unspecified atom stereocenters. The third-order valence-electron chi connectivity index (χ3n) is 4.29. The molecular weight excluding hydrogens is 338 g/mol. The van der Waals surface area contributed by atoms with Gasteiger partial charge in [-0.2, -0.15) is 0 Å². The second kappa shape index (κ2) is 6.92. The quantitative estimate of drug-likeness (QED) is 0.560. The Morgan fingerprint density at radius 1 is 1.04 bits per heavy atom. The van der Waals surface area contributed by atoms with E-state index in [-0.39, 0.29) is 6.03 Å². The Balaban J connectivity index is 1.57. The standard InChI is InChI=1S/C21H19N5O/c1-14-5-3-6-17(11-14)23-21(27)25-18-12-16(8-7-15(18)2)19-13-26-10-4-9-22-20(26)24-19/h3-13H,1-2H3,(H2,23,25,27). The molecule has 4 aromatic rings. The fraction of sp³-hybridized carbons (Fsp3) is 0.0952. The molecule has 134 valence electrons. The lowest BCUT2D eigenvalue weighted by Crippen LogP contribution is -2.20. The minimum atomic E-state index is -0.280. The molecule has 6 heteroatoms. The van der Waals surface area contributed by atoms with Crippen molar-refractivity contribution in [1.82, 2.24) is 14.4 Å². The van der Waals surface area contributed by atoms with Gasteiger partial charge in [-0.15, -0.1) is 0 Å². The maximum absolute atomic E-state index is 12.4. The smallest absolute Gasteiger partial charge is 0.308 e. The first-order chi connectivity index (χ1) is 13.1. The summed E-state index contributed by atoms with van der Waals surface area (Å²) in [6.45, 7) is 3.94. The SMILES string of the molecule is Cc1cccc(NC(=O)Nc2cc(-c3cn4cccnc4n3)ccc2C)c1. The predicted octanol–water partition coefficient (Wildman–Crippen LogP) is 4.66. The predicted molar refractivity (Wildman–Crippen MR) is 107 cm³/mol. The van der Waals surface area contributed by atoms with E-state index >= 15 is 0 Å². The Kier molecular flexibility index (Phi) is 4.30. The molecule has 2 N–H and O–H groups in total. The zero-order chi connectivity index (χ0) is 18.8. The molecule has 2 amide bonds. The maximum Gasteiger partial charge on any atom is 0.323 e. The van der Waals surface area contributed by atoms with E-state index in [1.807, 2.05) is 79.2 Å². The van der Waals surface area contributed by atoms with Crippen LogP contribution in [0.25, 0.3) is 17.0 Å². The van der Waals surface area contributed by atoms with Gasteiger partial charge in [-0.25, -0.2) is 14.8 Å². The van der Waals surface area contributed by atoms with E-state index in [2.05, 4.69) is 20.6 Å². The number of urea groups is 1. The van der Waals surface area contributed by atoms with Crippen LogP contribution in [0.4, 0.5) is 16.2 Å². The van der Waals surface area contributed by atoms with Crippen molar-refractivity contribution in [1.29, 1.82) is 0 Å². The summed E-state index contributed by atoms with van der Waals surface area (Å²) < 4.78 is 1.87. The van der Waals surface area contributed by atoms with Crippen LogP contribution in [0.5, 0.6) is 0 Å². The molecule has 0 aliphatic rings. The van der Waals surface area contributed by atoms with Gasteiger partial charge in [0.1, 0.15) is 0 Å². The monoisotopic (exact) mass is 357 g/mol. The van der Waals surface area contributed by atoms with Gasteiger partial charge in [-0.05, 0) is 49.2 Å². The molecule has 4 rings (SSSR count). The zero-order valence-corrected chi connectivity index (χ0v) is 15.1. The number of amides is 2. The summed E-state index contributed by atoms with van der Waals surface area (Å²) in [6, 6.07) is 15.1. The highest BCUT2D eigenvalue weighted by atomic mass is 16.2. The summed E-state index contributed by atoms with van der Waals surface area (Å²) in [5.74, 6) is 0.639. The third kappa shape index (κ3) is 3.64. The van der Waals surface area contributed by atoms with Crippen molar-refractivity contribution in [2.24, 2.45) is 0 Å². The number of carbonyl (C=O) groups is 1. The van der Waals surface area contributed by atoms with Crippen molar-refractivity contribution >= 4 is 23.2 Å². The van der Waals surface area contributed by atoms with Crippen molar-refractivity contribution in [3.63, 3.8) is 0 Å². The lowest BCUT2D eigenvalue weighted by molar-refractivity contribution is 0.262. The van der Waals surface area contributed by atoms with Crippen molar-refractivity contribution in [2.75, 3.05) is 10.6 Å². The molecular formula is C21H19N5O. The normalized spacial score (nSPS) is 10.7. The van der Waals surface area contributed by atoms with Crippen LogP contribution in [0.3, 0.4) is 0 Å². The average molecular weight is 357 g/mol. The van der Waals surface area contributed by atoms with Crippen LogP contribution in [0.1, 0.15) is 11.1 Å². The number of rotatable bonds is 3. The van der Waals surface area contributed by atoms with Crippen LogP contribution >= 0.6 is 0 Å². The number of aryl methyl sites for hydroxylation is 2. The first-order valence-corrected chi connectivity index (χ1v) is 8.64. The molecule has 0 aliphatic heterocycles. The first kappa shape index (κ1) is 16.8. The summed E-state index contributed by atoms with van der Waals surface area (Å²) in [5.41, 5.74) is 5.27. The molecule has 0 saturated carbocycles. The van der Waals surface area contributed by atoms with E-state index < -0.39 is 0 Å². The van der Waals surface area contributed by atoms with E-state index in [0.29, 0.717) is 5.78 Å². The van der Waals surface area contributed by atoms with Gasteiger partial charge in [0, 0.05) is 35.5 Å². The molecule has 2 heterocycles. The second-order valence-corrected chi connectivity index (χ2v) is 6.43. The Morgan fingerprint density at radius 3 is 2.74 bits per heavy atom. The molecule has 0 saturated heterocycles. The summed E-state index contributed by atoms with van der Waals surface area (Å²) in [7, 11) is 0. The Bertz CT molecular complexity index is 1100. The number of carbonyl (C=O) groups excluding carboxylic acids is 1. The number of anilines is 2. The fourth-order valence-electron chi connectivity index (χ4n) is 2.89. The van der Waals surface area contributed by atoms with E-state index in [4.69, 9.17) is 0 Å². The van der Waals surface area contributed by atoms with Gasteiger partial charge in [-0.3, -0.25) is 4.40 Å². The Morgan fingerprint density at radius 2 is 1.93 bits per heavy atom. The van der Waals surface area contributed by atoms with Gasteiger partial charge >= 0.3 is 6.03 Å². The van der Waals surface area contributed by atoms with Crippen LogP contribution in [0.2, 0.25) is 0 Å². The molecule has 0 radical (unpaired) electrons. The molecule has 0 bridgehead atoms. The number of aromatic nitrogens is 3. The number of nitrogens with one attached hydrogen (secondary N) is 2. The number of fused-ring (bicyclic) bond motifs is 1. The summed E-state index contributed by atoms with van der Waals surface area (Å²) >= 11 is 0. The Labute approximate surface area is 156 Å². The molecule has 0 atom stereocenters. The number of benzene rings is 2. The van der Waals surface area contributed by atoms with E-state index in [9.17, 15) is 4.79 Å². The van der Waals surface area contributed by atoms with Crippen molar-refractivity contribution in [2.45, 2.75) is 13.8 Å². The molecule has 2 aromatic carbocycles. The maximum atomic E-state index is 12.4. The highest BCUT2D eigenvalue weighted by Crippen LogP contribution is 2.25. The molecule has 0 fully saturated rings. The molecule has 2 aromatic heterocycles. The van der Waals surface area contributed by atoms with Gasteiger partial charge in [0.05, 0.1) is 5.69 Å². The minimum absolute atomic E-state index is 0.280. The largest absolute Gasteiger partial charge is 0.323 e. The third-order valence-corrected chi connectivity index (χ3v) is 4.29. The fourth-order valence-corrected chi connectivity index (χ4v) is 2.89. The average Bonchev–Trinajstić information content (AvgIpc) is 3.07. The number of hydrogen-bond donors (Lipinski definition) is 2. The molecule has 6 nitrogen and oxygen atoms in total. The molecule has 0 spiro atoms. The van der Waals surface area contributed by atoms with Gasteiger partial charge in [0.15, 0.2) is 0 Å². The van der Waals surface area contributed by atoms with Crippen molar-refractivity contribution < 1.29 is 4.79 Å². The Hall–Kier alpha value is -3.67. The minimum Gasteiger partial charge on any atom is -0.308 e. The van der Waals surface area contributed by atoms with E-state index in [1.54, 1.807) is 6.20 Å². The van der Waals surface area contributed by atoms with Crippen molar-refractivity contribution in [3.05, 3.63) is 78.2 Å². The zero-order valence-electron chi connectivity index (χ0n) is 15.1. The summed E-state index contributed by atoms with van der Waals surface area (Å²) in [5, 5.41) is 5.78.